The van der Waals surface area contributed by atoms with Crippen molar-refractivity contribution in [1.29, 1.82) is 0 Å². The molecule has 0 radical (unpaired) electrons. The molecule has 0 aromatic heterocycles. The lowest BCUT2D eigenvalue weighted by molar-refractivity contribution is 0.335. The number of aromatic hydroxyl groups is 2. The molecule has 0 saturated heterocycles. The Morgan fingerprint density at radius 3 is 2.06 bits per heavy atom. The van der Waals surface area contributed by atoms with Gasteiger partial charge in [-0.15, -0.1) is 0 Å². The molecule has 0 amide bonds. The van der Waals surface area contributed by atoms with E-state index in [1.807, 2.05) is 44.2 Å². The number of phenols is 2. The van der Waals surface area contributed by atoms with Gasteiger partial charge in [-0.2, -0.15) is 0 Å². The molecule has 6 heteroatoms. The van der Waals surface area contributed by atoms with Gasteiger partial charge in [0.1, 0.15) is 18.1 Å². The first-order chi connectivity index (χ1) is 15.4. The molecule has 0 aliphatic heterocycles. The van der Waals surface area contributed by atoms with Crippen molar-refractivity contribution in [3.8, 4) is 56.8 Å². The maximum atomic E-state index is 11.1. The molecule has 2 N–H and O–H groups in total. The predicted molar refractivity (Wildman–Crippen MR) is 125 cm³/mol. The third-order valence-electron chi connectivity index (χ3n) is 5.02. The summed E-state index contributed by atoms with van der Waals surface area (Å²) in [5.41, 5.74) is 3.59. The van der Waals surface area contributed by atoms with Crippen LogP contribution in [0.5, 0.6) is 34.5 Å². The fourth-order valence-corrected chi connectivity index (χ4v) is 3.35. The van der Waals surface area contributed by atoms with Gasteiger partial charge in [-0.05, 0) is 61.4 Å². The molecule has 3 aromatic carbocycles. The van der Waals surface area contributed by atoms with Gasteiger partial charge in [0.15, 0.2) is 23.0 Å². The fourth-order valence-electron chi connectivity index (χ4n) is 3.35. The zero-order valence-corrected chi connectivity index (χ0v) is 18.9. The SMILES string of the molecule is COc1ccc(-c2cc(OC)c(-c3ccc(OCC=C(C)C)c(O)c3)c(O)c2OC)cc1. The molecule has 0 aliphatic rings. The van der Waals surface area contributed by atoms with E-state index in [0.717, 1.165) is 16.9 Å². The Morgan fingerprint density at radius 1 is 0.812 bits per heavy atom. The second kappa shape index (κ2) is 10.0. The minimum atomic E-state index is -0.0877. The van der Waals surface area contributed by atoms with Crippen LogP contribution in [0.15, 0.2) is 60.2 Å². The molecule has 168 valence electrons. The predicted octanol–water partition coefficient (Wildman–Crippen LogP) is 5.80. The Kier molecular flexibility index (Phi) is 7.15. The van der Waals surface area contributed by atoms with Crippen LogP contribution in [-0.4, -0.2) is 38.1 Å². The summed E-state index contributed by atoms with van der Waals surface area (Å²) in [6.45, 7) is 4.31. The minimum Gasteiger partial charge on any atom is -0.504 e. The number of benzene rings is 3. The highest BCUT2D eigenvalue weighted by Crippen LogP contribution is 2.50. The minimum absolute atomic E-state index is 0.0377. The molecule has 0 atom stereocenters. The highest BCUT2D eigenvalue weighted by molar-refractivity contribution is 5.88. The van der Waals surface area contributed by atoms with Gasteiger partial charge in [-0.3, -0.25) is 0 Å². The average Bonchev–Trinajstić information content (AvgIpc) is 2.79. The summed E-state index contributed by atoms with van der Waals surface area (Å²) in [6.07, 6.45) is 1.92. The Hall–Kier alpha value is -3.80. The number of rotatable bonds is 8. The molecule has 0 heterocycles. The summed E-state index contributed by atoms with van der Waals surface area (Å²) >= 11 is 0. The zero-order chi connectivity index (χ0) is 23.3. The van der Waals surface area contributed by atoms with E-state index in [4.69, 9.17) is 18.9 Å². The van der Waals surface area contributed by atoms with Crippen molar-refractivity contribution in [2.75, 3.05) is 27.9 Å². The van der Waals surface area contributed by atoms with Gasteiger partial charge in [0, 0.05) is 5.56 Å². The van der Waals surface area contributed by atoms with Crippen LogP contribution < -0.4 is 18.9 Å². The Bertz CT molecular complexity index is 1110. The molecule has 3 aromatic rings. The third-order valence-corrected chi connectivity index (χ3v) is 5.02. The van der Waals surface area contributed by atoms with Crippen LogP contribution in [-0.2, 0) is 0 Å². The van der Waals surface area contributed by atoms with E-state index in [-0.39, 0.29) is 11.5 Å². The first-order valence-corrected chi connectivity index (χ1v) is 10.1. The van der Waals surface area contributed by atoms with Crippen LogP contribution in [0.25, 0.3) is 22.3 Å². The number of methoxy groups -OCH3 is 3. The van der Waals surface area contributed by atoms with Gasteiger partial charge in [-0.1, -0.05) is 23.8 Å². The lowest BCUT2D eigenvalue weighted by Gasteiger charge is -2.18. The van der Waals surface area contributed by atoms with E-state index in [2.05, 4.69) is 0 Å². The van der Waals surface area contributed by atoms with E-state index < -0.39 is 0 Å². The van der Waals surface area contributed by atoms with Crippen molar-refractivity contribution in [3.63, 3.8) is 0 Å². The molecule has 0 bridgehead atoms. The molecule has 0 spiro atoms. The van der Waals surface area contributed by atoms with Gasteiger partial charge in [0.2, 0.25) is 0 Å². The Labute approximate surface area is 188 Å². The van der Waals surface area contributed by atoms with Gasteiger partial charge < -0.3 is 29.2 Å². The normalized spacial score (nSPS) is 10.4. The topological polar surface area (TPSA) is 77.4 Å². The summed E-state index contributed by atoms with van der Waals surface area (Å²) in [5, 5.41) is 21.6. The van der Waals surface area contributed by atoms with Crippen LogP contribution >= 0.6 is 0 Å². The number of ether oxygens (including phenoxy) is 4. The first kappa shape index (κ1) is 22.9. The standard InChI is InChI=1S/C26H28O6/c1-16(2)12-13-32-22-11-8-18(14-21(22)27)24-23(30-4)15-20(26(31-5)25(24)28)17-6-9-19(29-3)10-7-17/h6-12,14-15,27-28H,13H2,1-5H3. The van der Waals surface area contributed by atoms with E-state index in [0.29, 0.717) is 40.5 Å². The van der Waals surface area contributed by atoms with Crippen LogP contribution in [0.2, 0.25) is 0 Å². The quantitative estimate of drug-likeness (QED) is 0.435. The highest BCUT2D eigenvalue weighted by Gasteiger charge is 2.22. The third kappa shape index (κ3) is 4.75. The molecule has 0 aliphatic carbocycles. The van der Waals surface area contributed by atoms with Crippen LogP contribution in [0, 0.1) is 0 Å². The lowest BCUT2D eigenvalue weighted by atomic mass is 9.96. The largest absolute Gasteiger partial charge is 0.504 e. The van der Waals surface area contributed by atoms with Gasteiger partial charge >= 0.3 is 0 Å². The van der Waals surface area contributed by atoms with E-state index in [9.17, 15) is 10.2 Å². The first-order valence-electron chi connectivity index (χ1n) is 10.1. The van der Waals surface area contributed by atoms with Crippen molar-refractivity contribution in [3.05, 3.63) is 60.2 Å². The Morgan fingerprint density at radius 2 is 1.50 bits per heavy atom. The van der Waals surface area contributed by atoms with E-state index in [1.54, 1.807) is 25.3 Å². The summed E-state index contributed by atoms with van der Waals surface area (Å²) < 4.78 is 22.0. The number of allylic oxidation sites excluding steroid dienone is 1. The molecule has 32 heavy (non-hydrogen) atoms. The van der Waals surface area contributed by atoms with Crippen molar-refractivity contribution in [2.45, 2.75) is 13.8 Å². The monoisotopic (exact) mass is 436 g/mol. The number of phenolic OH excluding ortho intramolecular Hbond substituents is 2. The van der Waals surface area contributed by atoms with Gasteiger partial charge in [-0.25, -0.2) is 0 Å². The smallest absolute Gasteiger partial charge is 0.170 e. The zero-order valence-electron chi connectivity index (χ0n) is 18.9. The molecular weight excluding hydrogens is 408 g/mol. The molecule has 0 saturated carbocycles. The average molecular weight is 437 g/mol. The number of hydrogen-bond acceptors (Lipinski definition) is 6. The van der Waals surface area contributed by atoms with Crippen LogP contribution in [0.4, 0.5) is 0 Å². The highest BCUT2D eigenvalue weighted by atomic mass is 16.5. The van der Waals surface area contributed by atoms with Crippen LogP contribution in [0.1, 0.15) is 13.8 Å². The van der Waals surface area contributed by atoms with Crippen molar-refractivity contribution >= 4 is 0 Å². The maximum absolute atomic E-state index is 11.1. The second-order valence-electron chi connectivity index (χ2n) is 7.39. The van der Waals surface area contributed by atoms with Crippen molar-refractivity contribution in [1.82, 2.24) is 0 Å². The summed E-state index contributed by atoms with van der Waals surface area (Å²) in [5.74, 6) is 1.69. The van der Waals surface area contributed by atoms with E-state index in [1.165, 1.54) is 20.3 Å². The molecule has 3 rings (SSSR count). The van der Waals surface area contributed by atoms with Crippen molar-refractivity contribution in [2.24, 2.45) is 0 Å². The lowest BCUT2D eigenvalue weighted by Crippen LogP contribution is -1.97. The molecular formula is C26H28O6. The second-order valence-corrected chi connectivity index (χ2v) is 7.39. The fraction of sp³-hybridized carbons (Fsp3) is 0.231. The summed E-state index contributed by atoms with van der Waals surface area (Å²) in [7, 11) is 4.63. The van der Waals surface area contributed by atoms with Crippen molar-refractivity contribution < 1.29 is 29.2 Å². The summed E-state index contributed by atoms with van der Waals surface area (Å²) in [6, 6.07) is 14.2. The molecule has 0 unspecified atom stereocenters. The van der Waals surface area contributed by atoms with Crippen LogP contribution in [0.3, 0.4) is 0 Å². The van der Waals surface area contributed by atoms with E-state index >= 15 is 0 Å². The van der Waals surface area contributed by atoms with Gasteiger partial charge in [0.25, 0.3) is 0 Å². The maximum Gasteiger partial charge on any atom is 0.170 e. The Balaban J connectivity index is 2.07. The summed E-state index contributed by atoms with van der Waals surface area (Å²) in [4.78, 5) is 0. The van der Waals surface area contributed by atoms with Gasteiger partial charge in [0.05, 0.1) is 26.9 Å². The molecule has 6 nitrogen and oxygen atoms in total. The molecule has 0 fully saturated rings. The number of hydrogen-bond donors (Lipinski definition) is 2.